The van der Waals surface area contributed by atoms with Crippen LogP contribution in [0.15, 0.2) is 30.3 Å². The number of hydrogen-bond acceptors (Lipinski definition) is 1. The summed E-state index contributed by atoms with van der Waals surface area (Å²) in [5.41, 5.74) is 1.15. The first-order chi connectivity index (χ1) is 4.43. The molecule has 1 nitrogen and oxygen atoms in total. The summed E-state index contributed by atoms with van der Waals surface area (Å²) in [4.78, 5) is 0. The van der Waals surface area contributed by atoms with E-state index >= 15 is 0 Å². The van der Waals surface area contributed by atoms with Gasteiger partial charge >= 0.3 is 66.7 Å². The fourth-order valence-corrected chi connectivity index (χ4v) is 1.69. The van der Waals surface area contributed by atoms with Crippen molar-refractivity contribution in [1.29, 1.82) is 0 Å². The van der Waals surface area contributed by atoms with Crippen LogP contribution in [0, 0.1) is 0 Å². The van der Waals surface area contributed by atoms with Crippen molar-refractivity contribution in [3.8, 4) is 0 Å². The topological polar surface area (TPSA) is 12.0 Å². The number of rotatable bonds is 2. The van der Waals surface area contributed by atoms with Gasteiger partial charge in [0.15, 0.2) is 0 Å². The van der Waals surface area contributed by atoms with Gasteiger partial charge in [-0.1, -0.05) is 0 Å². The molecule has 0 radical (unpaired) electrons. The standard InChI is InChI=1S/C6H6N.Mo.S/c7-6-4-2-1-3-5-6;;/h1-5,7H;;/q-1;+1;. The van der Waals surface area contributed by atoms with Crippen molar-refractivity contribution in [3.05, 3.63) is 30.3 Å². The van der Waals surface area contributed by atoms with Crippen LogP contribution in [-0.4, -0.2) is 0 Å². The van der Waals surface area contributed by atoms with Gasteiger partial charge in [0.1, 0.15) is 0 Å². The van der Waals surface area contributed by atoms with E-state index < -0.39 is 0 Å². The second kappa shape index (κ2) is 3.86. The van der Waals surface area contributed by atoms with Gasteiger partial charge in [-0.25, -0.2) is 0 Å². The van der Waals surface area contributed by atoms with Crippen molar-refractivity contribution in [2.75, 3.05) is 3.88 Å². The molecule has 0 atom stereocenters. The molecular weight excluding hydrogens is 214 g/mol. The summed E-state index contributed by atoms with van der Waals surface area (Å²) in [5.74, 6) is 0. The summed E-state index contributed by atoms with van der Waals surface area (Å²) >= 11 is -0.385. The molecule has 1 aromatic rings. The zero-order chi connectivity index (χ0) is 6.53. The number of para-hydroxylation sites is 1. The Morgan fingerprint density at radius 3 is 2.44 bits per heavy atom. The molecule has 1 rings (SSSR count). The molecule has 1 aromatic carbocycles. The van der Waals surface area contributed by atoms with E-state index in [1.807, 2.05) is 30.3 Å². The predicted octanol–water partition coefficient (Wildman–Crippen LogP) is 2.21. The van der Waals surface area contributed by atoms with Crippen LogP contribution in [-0.2, 0) is 17.0 Å². The van der Waals surface area contributed by atoms with Gasteiger partial charge in [-0.05, 0) is 0 Å². The van der Waals surface area contributed by atoms with E-state index in [1.54, 1.807) is 0 Å². The van der Waals surface area contributed by atoms with Crippen LogP contribution >= 0.6 is 9.82 Å². The van der Waals surface area contributed by atoms with Crippen LogP contribution in [0.25, 0.3) is 0 Å². The van der Waals surface area contributed by atoms with Gasteiger partial charge < -0.3 is 0 Å². The van der Waals surface area contributed by atoms with Crippen molar-refractivity contribution in [2.24, 2.45) is 0 Å². The molecule has 0 unspecified atom stereocenters. The zero-order valence-corrected chi connectivity index (χ0v) is 7.53. The van der Waals surface area contributed by atoms with Gasteiger partial charge in [0.05, 0.1) is 0 Å². The summed E-state index contributed by atoms with van der Waals surface area (Å²) in [6.45, 7) is 0. The predicted molar refractivity (Wildman–Crippen MR) is 37.7 cm³/mol. The summed E-state index contributed by atoms with van der Waals surface area (Å²) in [7, 11) is 4.85. The third-order valence-corrected chi connectivity index (χ3v) is 2.21. The normalized spacial score (nSPS) is 8.44. The SMILES string of the molecule is [S]=[Mo][NH]c1ccccc1. The van der Waals surface area contributed by atoms with Gasteiger partial charge in [0.2, 0.25) is 0 Å². The molecule has 47 valence electrons. The van der Waals surface area contributed by atoms with Crippen molar-refractivity contribution in [3.63, 3.8) is 0 Å². The average molecular weight is 220 g/mol. The van der Waals surface area contributed by atoms with E-state index in [0.29, 0.717) is 0 Å². The molecule has 0 fully saturated rings. The van der Waals surface area contributed by atoms with Crippen molar-refractivity contribution in [1.82, 2.24) is 0 Å². The summed E-state index contributed by atoms with van der Waals surface area (Å²) in [6.07, 6.45) is 0. The fraction of sp³-hybridized carbons (Fsp3) is 0. The second-order valence-corrected chi connectivity index (χ2v) is 3.45. The molecule has 0 spiro atoms. The first-order valence-corrected chi connectivity index (χ1v) is 6.33. The molecule has 0 aliphatic rings. The van der Waals surface area contributed by atoms with Gasteiger partial charge in [0, 0.05) is 0 Å². The molecule has 0 saturated heterocycles. The number of benzene rings is 1. The number of nitrogens with one attached hydrogen (secondary N) is 1. The van der Waals surface area contributed by atoms with Crippen LogP contribution in [0.3, 0.4) is 0 Å². The molecule has 0 aromatic heterocycles. The third-order valence-electron chi connectivity index (χ3n) is 0.933. The summed E-state index contributed by atoms with van der Waals surface area (Å²) in [6, 6.07) is 10.0. The Morgan fingerprint density at radius 1 is 1.22 bits per heavy atom. The van der Waals surface area contributed by atoms with E-state index in [9.17, 15) is 0 Å². The molecule has 0 bridgehead atoms. The molecule has 0 amide bonds. The van der Waals surface area contributed by atoms with Crippen LogP contribution in [0.1, 0.15) is 0 Å². The molecule has 0 saturated carbocycles. The number of anilines is 1. The fourth-order valence-electron chi connectivity index (χ4n) is 0.554. The Hall–Kier alpha value is -0.0717. The Morgan fingerprint density at radius 2 is 1.89 bits per heavy atom. The first kappa shape index (κ1) is 7.04. The van der Waals surface area contributed by atoms with E-state index in [4.69, 9.17) is 9.82 Å². The van der Waals surface area contributed by atoms with Crippen molar-refractivity contribution in [2.45, 2.75) is 0 Å². The maximum atomic E-state index is 4.85. The quantitative estimate of drug-likeness (QED) is 0.767. The Balaban J connectivity index is 2.72. The van der Waals surface area contributed by atoms with E-state index in [2.05, 4.69) is 3.88 Å². The number of hydrogen-bond donors (Lipinski definition) is 1. The Labute approximate surface area is 66.7 Å². The van der Waals surface area contributed by atoms with Crippen molar-refractivity contribution < 1.29 is 17.0 Å². The van der Waals surface area contributed by atoms with E-state index in [1.165, 1.54) is 0 Å². The molecule has 9 heavy (non-hydrogen) atoms. The summed E-state index contributed by atoms with van der Waals surface area (Å²) < 4.78 is 3.15. The van der Waals surface area contributed by atoms with Gasteiger partial charge in [0.25, 0.3) is 0 Å². The molecule has 3 heteroatoms. The van der Waals surface area contributed by atoms with Crippen LogP contribution in [0.5, 0.6) is 0 Å². The maximum absolute atomic E-state index is 4.85. The Bertz CT molecular complexity index is 188. The monoisotopic (exact) mass is 222 g/mol. The van der Waals surface area contributed by atoms with E-state index in [0.717, 1.165) is 5.69 Å². The third kappa shape index (κ3) is 2.33. The molecular formula is C6H6MoNS. The van der Waals surface area contributed by atoms with E-state index in [-0.39, 0.29) is 17.0 Å². The van der Waals surface area contributed by atoms with Crippen LogP contribution in [0.2, 0.25) is 0 Å². The molecule has 0 aliphatic carbocycles. The molecule has 0 heterocycles. The van der Waals surface area contributed by atoms with Gasteiger partial charge in [-0.2, -0.15) is 0 Å². The molecule has 0 aliphatic heterocycles. The van der Waals surface area contributed by atoms with Gasteiger partial charge in [-0.3, -0.25) is 0 Å². The van der Waals surface area contributed by atoms with Crippen molar-refractivity contribution >= 4 is 15.5 Å². The van der Waals surface area contributed by atoms with Gasteiger partial charge in [-0.15, -0.1) is 0 Å². The first-order valence-electron chi connectivity index (χ1n) is 2.53. The zero-order valence-electron chi connectivity index (χ0n) is 4.70. The van der Waals surface area contributed by atoms with Crippen LogP contribution in [0.4, 0.5) is 5.69 Å². The summed E-state index contributed by atoms with van der Waals surface area (Å²) in [5, 5.41) is 0. The Kier molecular flexibility index (Phi) is 3.02. The second-order valence-electron chi connectivity index (χ2n) is 1.55. The minimum atomic E-state index is -0.385. The average Bonchev–Trinajstić information content (AvgIpc) is 1.91. The van der Waals surface area contributed by atoms with Crippen LogP contribution < -0.4 is 3.88 Å². The molecule has 1 N–H and O–H groups in total. The minimum absolute atomic E-state index is 0.385.